The second-order valence-corrected chi connectivity index (χ2v) is 2.86. The molecule has 1 heterocycles. The van der Waals surface area contributed by atoms with Crippen LogP contribution in [-0.4, -0.2) is 15.0 Å². The van der Waals surface area contributed by atoms with Gasteiger partial charge in [0.15, 0.2) is 0 Å². The molecule has 66 valence electrons. The number of rotatable bonds is 1. The van der Waals surface area contributed by atoms with Gasteiger partial charge < -0.3 is 5.73 Å². The van der Waals surface area contributed by atoms with Gasteiger partial charge in [-0.05, 0) is 19.1 Å². The van der Waals surface area contributed by atoms with Gasteiger partial charge in [0.25, 0.3) is 0 Å². The van der Waals surface area contributed by atoms with Crippen molar-refractivity contribution < 1.29 is 0 Å². The SMILES string of the molecule is Cc1cn(-c2ccccc2N)nn1. The molecule has 0 saturated carbocycles. The largest absolute Gasteiger partial charge is 0.397 e. The summed E-state index contributed by atoms with van der Waals surface area (Å²) in [7, 11) is 0. The van der Waals surface area contributed by atoms with Crippen LogP contribution in [0.1, 0.15) is 5.69 Å². The van der Waals surface area contributed by atoms with Crippen LogP contribution in [-0.2, 0) is 0 Å². The number of benzene rings is 1. The number of hydrogen-bond donors (Lipinski definition) is 1. The average Bonchev–Trinajstić information content (AvgIpc) is 2.53. The third-order valence-corrected chi connectivity index (χ3v) is 1.79. The smallest absolute Gasteiger partial charge is 0.0892 e. The molecule has 0 unspecified atom stereocenters. The first-order valence-corrected chi connectivity index (χ1v) is 4.01. The first-order valence-electron chi connectivity index (χ1n) is 4.01. The molecule has 0 bridgehead atoms. The second-order valence-electron chi connectivity index (χ2n) is 2.86. The summed E-state index contributed by atoms with van der Waals surface area (Å²) in [6.07, 6.45) is 1.84. The topological polar surface area (TPSA) is 56.7 Å². The highest BCUT2D eigenvalue weighted by molar-refractivity contribution is 5.56. The van der Waals surface area contributed by atoms with Crippen molar-refractivity contribution in [1.29, 1.82) is 0 Å². The van der Waals surface area contributed by atoms with E-state index in [0.717, 1.165) is 11.4 Å². The highest BCUT2D eigenvalue weighted by atomic mass is 15.4. The summed E-state index contributed by atoms with van der Waals surface area (Å²) in [4.78, 5) is 0. The van der Waals surface area contributed by atoms with E-state index < -0.39 is 0 Å². The fraction of sp³-hybridized carbons (Fsp3) is 0.111. The molecule has 4 nitrogen and oxygen atoms in total. The fourth-order valence-corrected chi connectivity index (χ4v) is 1.16. The van der Waals surface area contributed by atoms with Crippen LogP contribution in [0.15, 0.2) is 30.5 Å². The molecule has 1 aromatic heterocycles. The van der Waals surface area contributed by atoms with E-state index in [9.17, 15) is 0 Å². The summed E-state index contributed by atoms with van der Waals surface area (Å²) in [6, 6.07) is 7.56. The monoisotopic (exact) mass is 174 g/mol. The van der Waals surface area contributed by atoms with Crippen LogP contribution >= 0.6 is 0 Å². The molecule has 0 aliphatic rings. The molecule has 2 rings (SSSR count). The van der Waals surface area contributed by atoms with Gasteiger partial charge in [-0.2, -0.15) is 0 Å². The molecule has 0 aliphatic carbocycles. The van der Waals surface area contributed by atoms with Gasteiger partial charge in [0.1, 0.15) is 0 Å². The van der Waals surface area contributed by atoms with Gasteiger partial charge in [-0.1, -0.05) is 17.3 Å². The second kappa shape index (κ2) is 2.90. The number of nitrogens with two attached hydrogens (primary N) is 1. The van der Waals surface area contributed by atoms with E-state index in [4.69, 9.17) is 5.73 Å². The Morgan fingerprint density at radius 3 is 2.69 bits per heavy atom. The van der Waals surface area contributed by atoms with Gasteiger partial charge in [-0.3, -0.25) is 0 Å². The van der Waals surface area contributed by atoms with Crippen LogP contribution in [0.25, 0.3) is 5.69 Å². The van der Waals surface area contributed by atoms with Crippen molar-refractivity contribution >= 4 is 5.69 Å². The van der Waals surface area contributed by atoms with Crippen molar-refractivity contribution in [2.45, 2.75) is 6.92 Å². The minimum Gasteiger partial charge on any atom is -0.397 e. The van der Waals surface area contributed by atoms with Crippen molar-refractivity contribution in [1.82, 2.24) is 15.0 Å². The Hall–Kier alpha value is -1.84. The van der Waals surface area contributed by atoms with Gasteiger partial charge >= 0.3 is 0 Å². The van der Waals surface area contributed by atoms with E-state index in [-0.39, 0.29) is 0 Å². The van der Waals surface area contributed by atoms with E-state index in [1.54, 1.807) is 4.68 Å². The number of aromatic nitrogens is 3. The van der Waals surface area contributed by atoms with Crippen molar-refractivity contribution in [3.05, 3.63) is 36.2 Å². The molecule has 0 atom stereocenters. The summed E-state index contributed by atoms with van der Waals surface area (Å²) in [5.41, 5.74) is 8.22. The molecule has 2 N–H and O–H groups in total. The van der Waals surface area contributed by atoms with E-state index in [2.05, 4.69) is 10.3 Å². The average molecular weight is 174 g/mol. The molecule has 13 heavy (non-hydrogen) atoms. The zero-order valence-electron chi connectivity index (χ0n) is 7.31. The molecular weight excluding hydrogens is 164 g/mol. The lowest BCUT2D eigenvalue weighted by atomic mass is 10.3. The zero-order chi connectivity index (χ0) is 9.26. The van der Waals surface area contributed by atoms with Gasteiger partial charge in [0.05, 0.1) is 23.3 Å². The Morgan fingerprint density at radius 1 is 1.31 bits per heavy atom. The van der Waals surface area contributed by atoms with Crippen LogP contribution in [0.3, 0.4) is 0 Å². The van der Waals surface area contributed by atoms with Crippen LogP contribution in [0.5, 0.6) is 0 Å². The first-order chi connectivity index (χ1) is 6.27. The Labute approximate surface area is 76.0 Å². The summed E-state index contributed by atoms with van der Waals surface area (Å²) >= 11 is 0. The summed E-state index contributed by atoms with van der Waals surface area (Å²) in [5.74, 6) is 0. The molecule has 0 fully saturated rings. The number of anilines is 1. The van der Waals surface area contributed by atoms with Gasteiger partial charge in [-0.15, -0.1) is 5.10 Å². The highest BCUT2D eigenvalue weighted by Gasteiger charge is 2.01. The molecule has 0 saturated heterocycles. The van der Waals surface area contributed by atoms with Gasteiger partial charge in [0.2, 0.25) is 0 Å². The molecule has 0 aliphatic heterocycles. The van der Waals surface area contributed by atoms with Crippen molar-refractivity contribution in [2.24, 2.45) is 0 Å². The van der Waals surface area contributed by atoms with E-state index >= 15 is 0 Å². The van der Waals surface area contributed by atoms with Crippen LogP contribution in [0.4, 0.5) is 5.69 Å². The highest BCUT2D eigenvalue weighted by Crippen LogP contribution is 2.14. The molecule has 2 aromatic rings. The lowest BCUT2D eigenvalue weighted by Gasteiger charge is -2.02. The van der Waals surface area contributed by atoms with Gasteiger partial charge in [-0.25, -0.2) is 4.68 Å². The lowest BCUT2D eigenvalue weighted by Crippen LogP contribution is -1.99. The summed E-state index contributed by atoms with van der Waals surface area (Å²) in [5, 5.41) is 7.83. The van der Waals surface area contributed by atoms with Crippen LogP contribution in [0.2, 0.25) is 0 Å². The Balaban J connectivity index is 2.52. The Bertz CT molecular complexity index is 419. The quantitative estimate of drug-likeness (QED) is 0.660. The Kier molecular flexibility index (Phi) is 1.73. The van der Waals surface area contributed by atoms with E-state index in [1.165, 1.54) is 0 Å². The van der Waals surface area contributed by atoms with E-state index in [1.807, 2.05) is 37.4 Å². The van der Waals surface area contributed by atoms with Gasteiger partial charge in [0, 0.05) is 0 Å². The zero-order valence-corrected chi connectivity index (χ0v) is 7.31. The maximum atomic E-state index is 5.77. The van der Waals surface area contributed by atoms with Crippen molar-refractivity contribution in [3.8, 4) is 5.69 Å². The van der Waals surface area contributed by atoms with Crippen molar-refractivity contribution in [2.75, 3.05) is 5.73 Å². The maximum absolute atomic E-state index is 5.77. The van der Waals surface area contributed by atoms with E-state index in [0.29, 0.717) is 5.69 Å². The number of aryl methyl sites for hydroxylation is 1. The molecule has 0 spiro atoms. The van der Waals surface area contributed by atoms with Crippen LogP contribution < -0.4 is 5.73 Å². The lowest BCUT2D eigenvalue weighted by molar-refractivity contribution is 0.802. The van der Waals surface area contributed by atoms with Crippen LogP contribution in [0, 0.1) is 6.92 Å². The number of hydrogen-bond acceptors (Lipinski definition) is 3. The number of nitrogens with zero attached hydrogens (tertiary/aromatic N) is 3. The molecule has 0 amide bonds. The Morgan fingerprint density at radius 2 is 2.08 bits per heavy atom. The standard InChI is InChI=1S/C9H10N4/c1-7-6-13(12-11-7)9-5-3-2-4-8(9)10/h2-6H,10H2,1H3. The minimum absolute atomic E-state index is 0.701. The van der Waals surface area contributed by atoms with Crippen molar-refractivity contribution in [3.63, 3.8) is 0 Å². The number of para-hydroxylation sites is 2. The predicted octanol–water partition coefficient (Wildman–Crippen LogP) is 1.16. The first kappa shape index (κ1) is 7.79. The third-order valence-electron chi connectivity index (χ3n) is 1.79. The molecular formula is C9H10N4. The summed E-state index contributed by atoms with van der Waals surface area (Å²) in [6.45, 7) is 1.89. The summed E-state index contributed by atoms with van der Waals surface area (Å²) < 4.78 is 1.67. The third kappa shape index (κ3) is 1.38. The predicted molar refractivity (Wildman–Crippen MR) is 50.5 cm³/mol. The normalized spacial score (nSPS) is 10.2. The molecule has 1 aromatic carbocycles. The maximum Gasteiger partial charge on any atom is 0.0892 e. The number of nitrogen functional groups attached to an aromatic ring is 1. The molecule has 4 heteroatoms. The fourth-order valence-electron chi connectivity index (χ4n) is 1.16. The molecule has 0 radical (unpaired) electrons. The minimum atomic E-state index is 0.701.